The number of hydrogen-bond donors (Lipinski definition) is 1. The number of fused-ring (bicyclic) bond motifs is 1. The molecule has 0 bridgehead atoms. The average Bonchev–Trinajstić information content (AvgIpc) is 2.78. The maximum absolute atomic E-state index is 13.1. The second kappa shape index (κ2) is 8.26. The summed E-state index contributed by atoms with van der Waals surface area (Å²) in [5, 5.41) is 0. The number of nitrogens with one attached hydrogen (secondary N) is 1. The predicted octanol–water partition coefficient (Wildman–Crippen LogP) is 0.549. The molecule has 1 amide bonds. The van der Waals surface area contributed by atoms with Crippen molar-refractivity contribution < 1.29 is 18.1 Å². The molecule has 4 rings (SSSR count). The van der Waals surface area contributed by atoms with Gasteiger partial charge in [-0.15, -0.1) is 0 Å². The van der Waals surface area contributed by atoms with Crippen LogP contribution in [0.4, 0.5) is 0 Å². The Kier molecular flexibility index (Phi) is 5.72. The summed E-state index contributed by atoms with van der Waals surface area (Å²) < 4.78 is 27.1. The van der Waals surface area contributed by atoms with E-state index < -0.39 is 10.0 Å². The van der Waals surface area contributed by atoms with Crippen LogP contribution in [0.1, 0.15) is 18.1 Å². The van der Waals surface area contributed by atoms with Gasteiger partial charge < -0.3 is 9.80 Å². The molecule has 1 fully saturated rings. The summed E-state index contributed by atoms with van der Waals surface area (Å²) in [4.78, 5) is 16.5. The average molecular weight is 415 g/mol. The molecule has 2 aliphatic rings. The predicted molar refractivity (Wildman–Crippen MR) is 111 cm³/mol. The van der Waals surface area contributed by atoms with Gasteiger partial charge in [0, 0.05) is 13.1 Å². The van der Waals surface area contributed by atoms with Crippen molar-refractivity contribution in [2.24, 2.45) is 0 Å². The molecule has 154 valence electrons. The molecule has 0 aliphatic carbocycles. The lowest BCUT2D eigenvalue weighted by Crippen LogP contribution is -3.19. The number of carbonyl (C=O) groups is 1. The van der Waals surface area contributed by atoms with Gasteiger partial charge in [0.05, 0.1) is 31.1 Å². The van der Waals surface area contributed by atoms with E-state index in [4.69, 9.17) is 0 Å². The van der Waals surface area contributed by atoms with Crippen LogP contribution in [0.2, 0.25) is 0 Å². The van der Waals surface area contributed by atoms with Crippen molar-refractivity contribution in [3.63, 3.8) is 0 Å². The number of amides is 1. The molecule has 2 aromatic carbocycles. The summed E-state index contributed by atoms with van der Waals surface area (Å²) in [6.07, 6.45) is 0.896. The highest BCUT2D eigenvalue weighted by Gasteiger charge is 2.36. The molecule has 1 saturated heterocycles. The molecular formula is C22H28N3O3S+. The zero-order valence-electron chi connectivity index (χ0n) is 16.8. The SMILES string of the molecule is C[C@@H](C(=O)N1CCc2ccccc2C1)[NH+]1CCN(S(=O)(=O)c2ccccc2)CC1. The van der Waals surface area contributed by atoms with Gasteiger partial charge in [-0.25, -0.2) is 8.42 Å². The van der Waals surface area contributed by atoms with Crippen molar-refractivity contribution in [1.29, 1.82) is 0 Å². The Hall–Kier alpha value is -2.22. The van der Waals surface area contributed by atoms with Gasteiger partial charge in [0.25, 0.3) is 5.91 Å². The van der Waals surface area contributed by atoms with E-state index in [1.54, 1.807) is 28.6 Å². The van der Waals surface area contributed by atoms with Crippen LogP contribution in [-0.4, -0.2) is 62.3 Å². The summed E-state index contributed by atoms with van der Waals surface area (Å²) in [7, 11) is -3.46. The van der Waals surface area contributed by atoms with Crippen molar-refractivity contribution in [2.45, 2.75) is 30.8 Å². The highest BCUT2D eigenvalue weighted by molar-refractivity contribution is 7.89. The third kappa shape index (κ3) is 4.08. The Morgan fingerprint density at radius 2 is 1.55 bits per heavy atom. The zero-order valence-corrected chi connectivity index (χ0v) is 17.6. The smallest absolute Gasteiger partial charge is 0.280 e. The molecule has 7 heteroatoms. The monoisotopic (exact) mass is 414 g/mol. The van der Waals surface area contributed by atoms with Gasteiger partial charge in [-0.2, -0.15) is 4.31 Å². The minimum absolute atomic E-state index is 0.161. The highest BCUT2D eigenvalue weighted by Crippen LogP contribution is 2.19. The van der Waals surface area contributed by atoms with E-state index in [2.05, 4.69) is 12.1 Å². The molecule has 2 aliphatic heterocycles. The van der Waals surface area contributed by atoms with Gasteiger partial charge >= 0.3 is 0 Å². The van der Waals surface area contributed by atoms with E-state index in [0.717, 1.165) is 17.9 Å². The van der Waals surface area contributed by atoms with Crippen LogP contribution < -0.4 is 4.90 Å². The van der Waals surface area contributed by atoms with Crippen molar-refractivity contribution in [3.05, 3.63) is 65.7 Å². The molecule has 0 saturated carbocycles. The number of quaternary nitrogens is 1. The second-order valence-corrected chi connectivity index (χ2v) is 9.81. The minimum atomic E-state index is -3.46. The molecular weight excluding hydrogens is 386 g/mol. The van der Waals surface area contributed by atoms with Crippen molar-refractivity contribution in [2.75, 3.05) is 32.7 Å². The quantitative estimate of drug-likeness (QED) is 0.795. The first-order chi connectivity index (χ1) is 14.0. The number of piperazine rings is 1. The molecule has 0 aromatic heterocycles. The van der Waals surface area contributed by atoms with E-state index in [-0.39, 0.29) is 11.9 Å². The Morgan fingerprint density at radius 3 is 2.24 bits per heavy atom. The molecule has 0 spiro atoms. The summed E-state index contributed by atoms with van der Waals surface area (Å²) in [5.74, 6) is 0.161. The molecule has 0 radical (unpaired) electrons. The van der Waals surface area contributed by atoms with Crippen LogP contribution in [0, 0.1) is 0 Å². The number of carbonyl (C=O) groups excluding carboxylic acids is 1. The zero-order chi connectivity index (χ0) is 20.4. The normalized spacial score (nSPS) is 19.6. The van der Waals surface area contributed by atoms with Gasteiger partial charge in [-0.1, -0.05) is 42.5 Å². The summed E-state index contributed by atoms with van der Waals surface area (Å²) in [6.45, 7) is 5.55. The Morgan fingerprint density at radius 1 is 0.931 bits per heavy atom. The van der Waals surface area contributed by atoms with E-state index in [1.807, 2.05) is 30.0 Å². The molecule has 2 aromatic rings. The fourth-order valence-electron chi connectivity index (χ4n) is 4.32. The molecule has 2 heterocycles. The van der Waals surface area contributed by atoms with Crippen LogP contribution in [0.3, 0.4) is 0 Å². The Bertz CT molecular complexity index is 970. The van der Waals surface area contributed by atoms with E-state index in [1.165, 1.54) is 11.1 Å². The van der Waals surface area contributed by atoms with Crippen LogP contribution in [0.25, 0.3) is 0 Å². The molecule has 6 nitrogen and oxygen atoms in total. The third-order valence-corrected chi connectivity index (χ3v) is 8.08. The van der Waals surface area contributed by atoms with Gasteiger partial charge in [-0.3, -0.25) is 4.79 Å². The standard InChI is InChI=1S/C22H27N3O3S/c1-18(22(26)24-12-11-19-7-5-6-8-20(19)17-24)23-13-15-25(16-14-23)29(27,28)21-9-3-2-4-10-21/h2-10,18H,11-17H2,1H3/p+1/t18-/m0/s1. The van der Waals surface area contributed by atoms with Crippen LogP contribution in [0.5, 0.6) is 0 Å². The van der Waals surface area contributed by atoms with Crippen molar-refractivity contribution in [1.82, 2.24) is 9.21 Å². The second-order valence-electron chi connectivity index (χ2n) is 7.88. The number of sulfonamides is 1. The van der Waals surface area contributed by atoms with Gasteiger partial charge in [0.1, 0.15) is 0 Å². The fraction of sp³-hybridized carbons (Fsp3) is 0.409. The Labute approximate surface area is 172 Å². The lowest BCUT2D eigenvalue weighted by molar-refractivity contribution is -0.918. The highest BCUT2D eigenvalue weighted by atomic mass is 32.2. The maximum atomic E-state index is 13.1. The maximum Gasteiger partial charge on any atom is 0.280 e. The number of hydrogen-bond acceptors (Lipinski definition) is 3. The number of nitrogens with zero attached hydrogens (tertiary/aromatic N) is 2. The Balaban J connectivity index is 1.37. The van der Waals surface area contributed by atoms with Crippen molar-refractivity contribution in [3.8, 4) is 0 Å². The first-order valence-corrected chi connectivity index (χ1v) is 11.7. The first kappa shape index (κ1) is 20.1. The van der Waals surface area contributed by atoms with Crippen LogP contribution >= 0.6 is 0 Å². The first-order valence-electron chi connectivity index (χ1n) is 10.2. The number of benzene rings is 2. The molecule has 0 unspecified atom stereocenters. The summed E-state index contributed by atoms with van der Waals surface area (Å²) in [5.41, 5.74) is 2.56. The van der Waals surface area contributed by atoms with Crippen LogP contribution in [-0.2, 0) is 27.8 Å². The van der Waals surface area contributed by atoms with E-state index >= 15 is 0 Å². The lowest BCUT2D eigenvalue weighted by atomic mass is 9.99. The topological polar surface area (TPSA) is 62.1 Å². The fourth-order valence-corrected chi connectivity index (χ4v) is 5.78. The van der Waals surface area contributed by atoms with E-state index in [0.29, 0.717) is 37.6 Å². The molecule has 1 N–H and O–H groups in total. The number of rotatable bonds is 4. The summed E-state index contributed by atoms with van der Waals surface area (Å²) >= 11 is 0. The largest absolute Gasteiger partial charge is 0.333 e. The van der Waals surface area contributed by atoms with E-state index in [9.17, 15) is 13.2 Å². The van der Waals surface area contributed by atoms with Crippen molar-refractivity contribution >= 4 is 15.9 Å². The van der Waals surface area contributed by atoms with Crippen LogP contribution in [0.15, 0.2) is 59.5 Å². The van der Waals surface area contributed by atoms with Gasteiger partial charge in [-0.05, 0) is 36.6 Å². The molecule has 29 heavy (non-hydrogen) atoms. The minimum Gasteiger partial charge on any atom is -0.333 e. The van der Waals surface area contributed by atoms with Gasteiger partial charge in [0.2, 0.25) is 10.0 Å². The van der Waals surface area contributed by atoms with Gasteiger partial charge in [0.15, 0.2) is 6.04 Å². The molecule has 1 atom stereocenters. The lowest BCUT2D eigenvalue weighted by Gasteiger charge is -2.37. The summed E-state index contributed by atoms with van der Waals surface area (Å²) in [6, 6.07) is 16.7. The third-order valence-electron chi connectivity index (χ3n) is 6.17.